The molecule has 63 heavy (non-hydrogen) atoms. The maximum Gasteiger partial charge on any atom is 0.263 e. The van der Waals surface area contributed by atoms with Gasteiger partial charge < -0.3 is 9.39 Å². The van der Waals surface area contributed by atoms with Crippen molar-refractivity contribution in [2.75, 3.05) is 0 Å². The third-order valence-corrected chi connectivity index (χ3v) is 14.1. The molecule has 0 aliphatic carbocycles. The van der Waals surface area contributed by atoms with E-state index in [2.05, 4.69) is 0 Å². The Balaban J connectivity index is 1.53. The van der Waals surface area contributed by atoms with Crippen molar-refractivity contribution in [3.63, 3.8) is 0 Å². The van der Waals surface area contributed by atoms with E-state index in [1.54, 1.807) is 32.0 Å². The third kappa shape index (κ3) is 6.96. The minimum Gasteiger partial charge on any atom is -0.702 e. The second kappa shape index (κ2) is 15.9. The van der Waals surface area contributed by atoms with Gasteiger partial charge in [0.2, 0.25) is 0 Å². The zero-order valence-electron chi connectivity index (χ0n) is 34.2. The number of rotatable bonds is 8. The van der Waals surface area contributed by atoms with Gasteiger partial charge in [-0.05, 0) is 41.6 Å². The van der Waals surface area contributed by atoms with E-state index in [4.69, 9.17) is 9.39 Å². The third-order valence-electron chi connectivity index (χ3n) is 11.6. The highest BCUT2D eigenvalue weighted by molar-refractivity contribution is 7.80. The predicted octanol–water partition coefficient (Wildman–Crippen LogP) is 10.6. The minimum atomic E-state index is -5.05. The molecule has 0 amide bonds. The Morgan fingerprint density at radius 3 is 1.33 bits per heavy atom. The van der Waals surface area contributed by atoms with Gasteiger partial charge in [-0.2, -0.15) is 0 Å². The molecule has 0 saturated heterocycles. The van der Waals surface area contributed by atoms with E-state index in [0.717, 1.165) is 16.7 Å². The molecular weight excluding hydrogens is 852 g/mol. The summed E-state index contributed by atoms with van der Waals surface area (Å²) in [5, 5.41) is 2.30. The van der Waals surface area contributed by atoms with Crippen LogP contribution in [0.4, 0.5) is 43.9 Å². The van der Waals surface area contributed by atoms with E-state index in [-0.39, 0.29) is 11.3 Å². The largest absolute Gasteiger partial charge is 0.702 e. The molecule has 0 atom stereocenters. The molecule has 1 heterocycles. The van der Waals surface area contributed by atoms with Crippen LogP contribution >= 0.6 is 7.92 Å². The molecule has 8 rings (SSSR count). The van der Waals surface area contributed by atoms with Crippen molar-refractivity contribution in [2.24, 2.45) is 0 Å². The van der Waals surface area contributed by atoms with E-state index in [9.17, 15) is 8.78 Å². The Morgan fingerprint density at radius 2 is 0.889 bits per heavy atom. The standard InChI is InChI=1S/C49H35BF10O2P/c1-48(2,3)26-22-24-27(25-23-26)62-50(34-36(51)40(55)44(59)41(56)37(34)52,35-38(53)42(57)45(60)43(58)39(35)54)32-20-12-18-30-46(32)61-47-31(49(30,4)5)19-13-21-33(47)63(28-14-8-6-9-15-28)29-16-10-7-11-17-29/h6-25H,1-5H3/q-1. The average molecular weight is 888 g/mol. The van der Waals surface area contributed by atoms with Crippen LogP contribution in [0.15, 0.2) is 121 Å². The van der Waals surface area contributed by atoms with E-state index < -0.39 is 111 Å². The smallest absolute Gasteiger partial charge is 0.263 e. The molecular formula is C49H35BF10O2P-. The molecule has 1 aliphatic rings. The lowest BCUT2D eigenvalue weighted by Crippen LogP contribution is -2.75. The van der Waals surface area contributed by atoms with Gasteiger partial charge in [-0.1, -0.05) is 155 Å². The van der Waals surface area contributed by atoms with Gasteiger partial charge in [0, 0.05) is 21.8 Å². The van der Waals surface area contributed by atoms with Crippen LogP contribution < -0.4 is 41.7 Å². The summed E-state index contributed by atoms with van der Waals surface area (Å²) >= 11 is 0. The van der Waals surface area contributed by atoms with Crippen molar-refractivity contribution in [2.45, 2.75) is 45.4 Å². The van der Waals surface area contributed by atoms with Crippen LogP contribution in [-0.2, 0) is 10.8 Å². The van der Waals surface area contributed by atoms with Crippen molar-refractivity contribution in [3.8, 4) is 17.2 Å². The molecule has 0 spiro atoms. The van der Waals surface area contributed by atoms with Gasteiger partial charge in [0.1, 0.15) is 34.8 Å². The van der Waals surface area contributed by atoms with Crippen molar-refractivity contribution >= 4 is 46.6 Å². The zero-order chi connectivity index (χ0) is 45.3. The van der Waals surface area contributed by atoms with Gasteiger partial charge in [0.25, 0.3) is 6.35 Å². The van der Waals surface area contributed by atoms with Gasteiger partial charge >= 0.3 is 0 Å². The Bertz CT molecular complexity index is 2750. The first kappa shape index (κ1) is 43.6. The first-order chi connectivity index (χ1) is 29.8. The lowest BCUT2D eigenvalue weighted by molar-refractivity contribution is 0.378. The van der Waals surface area contributed by atoms with Crippen molar-refractivity contribution in [1.29, 1.82) is 0 Å². The summed E-state index contributed by atoms with van der Waals surface area (Å²) in [6.45, 7) is 8.99. The highest BCUT2D eigenvalue weighted by atomic mass is 31.1. The molecule has 7 aromatic carbocycles. The predicted molar refractivity (Wildman–Crippen MR) is 227 cm³/mol. The maximum atomic E-state index is 16.8. The molecule has 0 radical (unpaired) electrons. The Kier molecular flexibility index (Phi) is 11.0. The number of halogens is 10. The SMILES string of the molecule is CC(C)(C)c1ccc(O[B-](c2cccc3c2Oc2c(P(c4ccccc4)c4ccccc4)cccc2C3(C)C)(c2c(F)c(F)c(F)c(F)c2F)c2c(F)c(F)c(F)c(F)c2F)cc1. The van der Waals surface area contributed by atoms with Crippen molar-refractivity contribution in [3.05, 3.63) is 196 Å². The molecule has 0 N–H and O–H groups in total. The molecule has 2 nitrogen and oxygen atoms in total. The number of para-hydroxylation sites is 2. The van der Waals surface area contributed by atoms with Crippen LogP contribution in [0.2, 0.25) is 0 Å². The number of hydrogen-bond acceptors (Lipinski definition) is 2. The topological polar surface area (TPSA) is 18.5 Å². The Morgan fingerprint density at radius 1 is 0.476 bits per heavy atom. The first-order valence-corrected chi connectivity index (χ1v) is 21.0. The monoisotopic (exact) mass is 887 g/mol. The van der Waals surface area contributed by atoms with E-state index in [1.807, 2.05) is 81.4 Å². The van der Waals surface area contributed by atoms with Crippen LogP contribution in [0.5, 0.6) is 17.2 Å². The van der Waals surface area contributed by atoms with Gasteiger partial charge in [-0.3, -0.25) is 0 Å². The molecule has 14 heteroatoms. The number of fused-ring (bicyclic) bond motifs is 2. The highest BCUT2D eigenvalue weighted by Gasteiger charge is 2.50. The normalized spacial score (nSPS) is 13.4. The van der Waals surface area contributed by atoms with E-state index in [1.165, 1.54) is 36.4 Å². The Labute approximate surface area is 357 Å². The second-order valence-electron chi connectivity index (χ2n) is 16.8. The molecule has 0 aromatic heterocycles. The first-order valence-electron chi connectivity index (χ1n) is 19.7. The lowest BCUT2D eigenvalue weighted by atomic mass is 9.27. The molecule has 0 unspecified atom stereocenters. The van der Waals surface area contributed by atoms with Gasteiger partial charge in [-0.15, -0.1) is 5.46 Å². The van der Waals surface area contributed by atoms with E-state index >= 15 is 35.1 Å². The summed E-state index contributed by atoms with van der Waals surface area (Å²) in [6.07, 6.45) is -5.05. The van der Waals surface area contributed by atoms with Gasteiger partial charge in [-0.25, -0.2) is 43.9 Å². The van der Waals surface area contributed by atoms with Gasteiger partial charge in [0.05, 0.1) is 5.75 Å². The number of ether oxygens (including phenoxy) is 1. The van der Waals surface area contributed by atoms with Crippen LogP contribution in [0, 0.1) is 58.2 Å². The summed E-state index contributed by atoms with van der Waals surface area (Å²) < 4.78 is 173. The fourth-order valence-corrected chi connectivity index (χ4v) is 10.8. The minimum absolute atomic E-state index is 0.152. The van der Waals surface area contributed by atoms with Crippen molar-refractivity contribution in [1.82, 2.24) is 0 Å². The maximum absolute atomic E-state index is 16.8. The summed E-state index contributed by atoms with van der Waals surface area (Å²) in [4.78, 5) is 0. The van der Waals surface area contributed by atoms with Crippen molar-refractivity contribution < 1.29 is 53.3 Å². The summed E-state index contributed by atoms with van der Waals surface area (Å²) in [5.74, 6) is -26.9. The van der Waals surface area contributed by atoms with Crippen LogP contribution in [-0.4, -0.2) is 6.35 Å². The zero-order valence-corrected chi connectivity index (χ0v) is 35.1. The Hall–Kier alpha value is -6.07. The molecule has 0 fully saturated rings. The molecule has 1 aliphatic heterocycles. The van der Waals surface area contributed by atoms with Crippen LogP contribution in [0.3, 0.4) is 0 Å². The highest BCUT2D eigenvalue weighted by Crippen LogP contribution is 2.50. The molecule has 7 aromatic rings. The fraction of sp³-hybridized carbons (Fsp3) is 0.143. The molecule has 0 bridgehead atoms. The molecule has 322 valence electrons. The summed E-state index contributed by atoms with van der Waals surface area (Å²) in [7, 11) is -1.49. The van der Waals surface area contributed by atoms with Crippen LogP contribution in [0.1, 0.15) is 51.3 Å². The summed E-state index contributed by atoms with van der Waals surface area (Å²) in [5.41, 5.74) is -5.18. The van der Waals surface area contributed by atoms with E-state index in [0.29, 0.717) is 16.4 Å². The lowest BCUT2D eigenvalue weighted by Gasteiger charge is -2.47. The van der Waals surface area contributed by atoms with Crippen LogP contribution in [0.25, 0.3) is 0 Å². The molecule has 0 saturated carbocycles. The summed E-state index contributed by atoms with van der Waals surface area (Å²) in [6, 6.07) is 33.1. The van der Waals surface area contributed by atoms with Gasteiger partial charge in [0.15, 0.2) is 34.9 Å². The average Bonchev–Trinajstić information content (AvgIpc) is 3.27. The number of hydrogen-bond donors (Lipinski definition) is 0. The second-order valence-corrected chi connectivity index (χ2v) is 18.9. The quantitative estimate of drug-likeness (QED) is 0.0498. The number of benzene rings is 7. The fourth-order valence-electron chi connectivity index (χ4n) is 8.44.